The predicted octanol–water partition coefficient (Wildman–Crippen LogP) is 4.22. The molecular formula is C16H10FNO2S. The Morgan fingerprint density at radius 1 is 1.10 bits per heavy atom. The highest BCUT2D eigenvalue weighted by Gasteiger charge is 2.12. The summed E-state index contributed by atoms with van der Waals surface area (Å²) >= 11 is 1.30. The molecule has 0 unspecified atom stereocenters. The highest BCUT2D eigenvalue weighted by molar-refractivity contribution is 7.99. The lowest BCUT2D eigenvalue weighted by Crippen LogP contribution is -1.99. The van der Waals surface area contributed by atoms with Gasteiger partial charge in [-0.15, -0.1) is 0 Å². The van der Waals surface area contributed by atoms with E-state index in [0.29, 0.717) is 15.9 Å². The van der Waals surface area contributed by atoms with E-state index >= 15 is 0 Å². The summed E-state index contributed by atoms with van der Waals surface area (Å²) in [5.41, 5.74) is 0.840. The van der Waals surface area contributed by atoms with Crippen molar-refractivity contribution in [3.8, 4) is 0 Å². The summed E-state index contributed by atoms with van der Waals surface area (Å²) in [5.74, 6) is -1.30. The standard InChI is InChI=1S/C16H10FNO2S/c17-10-5-7-11(8-6-10)21-15-9-13(16(19)20)12-3-1-2-4-14(12)18-15/h1-9H,(H,19,20). The van der Waals surface area contributed by atoms with Gasteiger partial charge in [-0.2, -0.15) is 0 Å². The molecule has 0 aliphatic heterocycles. The average Bonchev–Trinajstić information content (AvgIpc) is 2.48. The van der Waals surface area contributed by atoms with Gasteiger partial charge in [-0.1, -0.05) is 30.0 Å². The maximum absolute atomic E-state index is 12.9. The second-order valence-electron chi connectivity index (χ2n) is 4.39. The van der Waals surface area contributed by atoms with Gasteiger partial charge in [0.2, 0.25) is 0 Å². The maximum Gasteiger partial charge on any atom is 0.336 e. The summed E-state index contributed by atoms with van der Waals surface area (Å²) in [5, 5.41) is 10.5. The number of aromatic carboxylic acids is 1. The van der Waals surface area contributed by atoms with Crippen molar-refractivity contribution in [2.75, 3.05) is 0 Å². The number of benzene rings is 2. The minimum Gasteiger partial charge on any atom is -0.478 e. The number of carbonyl (C=O) groups is 1. The Kier molecular flexibility index (Phi) is 3.58. The Balaban J connectivity index is 2.06. The number of carboxylic acid groups (broad SMARTS) is 1. The maximum atomic E-state index is 12.9. The van der Waals surface area contributed by atoms with Crippen molar-refractivity contribution in [3.05, 3.63) is 66.0 Å². The largest absolute Gasteiger partial charge is 0.478 e. The molecule has 1 N–H and O–H groups in total. The van der Waals surface area contributed by atoms with Crippen molar-refractivity contribution in [2.45, 2.75) is 9.92 Å². The summed E-state index contributed by atoms with van der Waals surface area (Å²) < 4.78 is 12.9. The molecule has 2 aromatic carbocycles. The molecule has 0 radical (unpaired) electrons. The molecule has 0 aliphatic carbocycles. The molecule has 104 valence electrons. The number of aromatic nitrogens is 1. The molecule has 0 saturated carbocycles. The van der Waals surface area contributed by atoms with Crippen molar-refractivity contribution in [1.29, 1.82) is 0 Å². The van der Waals surface area contributed by atoms with Crippen LogP contribution in [0.25, 0.3) is 10.9 Å². The number of pyridine rings is 1. The van der Waals surface area contributed by atoms with E-state index in [9.17, 15) is 14.3 Å². The number of halogens is 1. The molecule has 1 aromatic heterocycles. The van der Waals surface area contributed by atoms with Gasteiger partial charge in [0, 0.05) is 10.3 Å². The number of hydrogen-bond donors (Lipinski definition) is 1. The molecule has 0 fully saturated rings. The molecule has 0 amide bonds. The van der Waals surface area contributed by atoms with Crippen LogP contribution in [-0.2, 0) is 0 Å². The first-order valence-electron chi connectivity index (χ1n) is 6.20. The van der Waals surface area contributed by atoms with Crippen LogP contribution in [0.1, 0.15) is 10.4 Å². The molecule has 0 aliphatic rings. The lowest BCUT2D eigenvalue weighted by molar-refractivity contribution is 0.0698. The van der Waals surface area contributed by atoms with Crippen molar-refractivity contribution >= 4 is 28.6 Å². The van der Waals surface area contributed by atoms with Crippen LogP contribution < -0.4 is 0 Å². The number of carboxylic acids is 1. The molecule has 0 bridgehead atoms. The first-order valence-corrected chi connectivity index (χ1v) is 7.01. The predicted molar refractivity (Wildman–Crippen MR) is 79.2 cm³/mol. The number of nitrogens with zero attached hydrogens (tertiary/aromatic N) is 1. The molecule has 0 spiro atoms. The molecule has 21 heavy (non-hydrogen) atoms. The zero-order valence-electron chi connectivity index (χ0n) is 10.8. The summed E-state index contributed by atoms with van der Waals surface area (Å²) in [7, 11) is 0. The van der Waals surface area contributed by atoms with Gasteiger partial charge in [-0.25, -0.2) is 14.2 Å². The van der Waals surface area contributed by atoms with Crippen LogP contribution in [0, 0.1) is 5.82 Å². The van der Waals surface area contributed by atoms with Crippen molar-refractivity contribution in [1.82, 2.24) is 4.98 Å². The number of hydrogen-bond acceptors (Lipinski definition) is 3. The van der Waals surface area contributed by atoms with Crippen molar-refractivity contribution in [2.24, 2.45) is 0 Å². The third-order valence-corrected chi connectivity index (χ3v) is 3.89. The lowest BCUT2D eigenvalue weighted by Gasteiger charge is -2.06. The van der Waals surface area contributed by atoms with Gasteiger partial charge in [0.25, 0.3) is 0 Å². The van der Waals surface area contributed by atoms with E-state index in [0.717, 1.165) is 4.90 Å². The van der Waals surface area contributed by atoms with Crippen molar-refractivity contribution < 1.29 is 14.3 Å². The average molecular weight is 299 g/mol. The minimum absolute atomic E-state index is 0.213. The normalized spacial score (nSPS) is 10.7. The molecule has 3 nitrogen and oxygen atoms in total. The van der Waals surface area contributed by atoms with Gasteiger partial charge in [-0.05, 0) is 36.4 Å². The molecule has 5 heteroatoms. The zero-order chi connectivity index (χ0) is 14.8. The van der Waals surface area contributed by atoms with E-state index < -0.39 is 5.97 Å². The SMILES string of the molecule is O=C(O)c1cc(Sc2ccc(F)cc2)nc2ccccc12. The first-order chi connectivity index (χ1) is 10.1. The summed E-state index contributed by atoms with van der Waals surface area (Å²) in [6.45, 7) is 0. The Morgan fingerprint density at radius 3 is 2.52 bits per heavy atom. The quantitative estimate of drug-likeness (QED) is 0.786. The third kappa shape index (κ3) is 2.87. The third-order valence-electron chi connectivity index (χ3n) is 2.96. The van der Waals surface area contributed by atoms with E-state index in [-0.39, 0.29) is 11.4 Å². The fourth-order valence-corrected chi connectivity index (χ4v) is 2.84. The van der Waals surface area contributed by atoms with Crippen LogP contribution in [-0.4, -0.2) is 16.1 Å². The zero-order valence-corrected chi connectivity index (χ0v) is 11.6. The van der Waals surface area contributed by atoms with Gasteiger partial charge in [0.05, 0.1) is 11.1 Å². The molecule has 3 aromatic rings. The molecule has 1 heterocycles. The fraction of sp³-hybridized carbons (Fsp3) is 0. The molecule has 0 atom stereocenters. The topological polar surface area (TPSA) is 50.2 Å². The Labute approximate surface area is 124 Å². The van der Waals surface area contributed by atoms with Crippen LogP contribution in [0.3, 0.4) is 0 Å². The van der Waals surface area contributed by atoms with Crippen LogP contribution in [0.2, 0.25) is 0 Å². The van der Waals surface area contributed by atoms with E-state index in [1.54, 1.807) is 36.4 Å². The van der Waals surface area contributed by atoms with E-state index in [2.05, 4.69) is 4.98 Å². The minimum atomic E-state index is -0.991. The summed E-state index contributed by atoms with van der Waals surface area (Å²) in [4.78, 5) is 16.6. The first kappa shape index (κ1) is 13.6. The van der Waals surface area contributed by atoms with E-state index in [1.165, 1.54) is 23.9 Å². The molecule has 0 saturated heterocycles. The van der Waals surface area contributed by atoms with Crippen LogP contribution in [0.15, 0.2) is 64.5 Å². The highest BCUT2D eigenvalue weighted by Crippen LogP contribution is 2.29. The van der Waals surface area contributed by atoms with Crippen LogP contribution >= 0.6 is 11.8 Å². The van der Waals surface area contributed by atoms with Gasteiger partial charge in [0.15, 0.2) is 0 Å². The Hall–Kier alpha value is -2.40. The number of para-hydroxylation sites is 1. The monoisotopic (exact) mass is 299 g/mol. The smallest absolute Gasteiger partial charge is 0.336 e. The molecular weight excluding hydrogens is 289 g/mol. The van der Waals surface area contributed by atoms with Crippen molar-refractivity contribution in [3.63, 3.8) is 0 Å². The number of fused-ring (bicyclic) bond motifs is 1. The Morgan fingerprint density at radius 2 is 1.81 bits per heavy atom. The summed E-state index contributed by atoms with van der Waals surface area (Å²) in [6.07, 6.45) is 0. The highest BCUT2D eigenvalue weighted by atomic mass is 32.2. The van der Waals surface area contributed by atoms with Gasteiger partial charge < -0.3 is 5.11 Å². The lowest BCUT2D eigenvalue weighted by atomic mass is 10.1. The van der Waals surface area contributed by atoms with Gasteiger partial charge >= 0.3 is 5.97 Å². The van der Waals surface area contributed by atoms with E-state index in [4.69, 9.17) is 0 Å². The van der Waals surface area contributed by atoms with Crippen LogP contribution in [0.5, 0.6) is 0 Å². The van der Waals surface area contributed by atoms with Gasteiger partial charge in [-0.3, -0.25) is 0 Å². The Bertz CT molecular complexity index is 818. The molecule has 3 rings (SSSR count). The number of rotatable bonds is 3. The van der Waals surface area contributed by atoms with Gasteiger partial charge in [0.1, 0.15) is 10.8 Å². The second-order valence-corrected chi connectivity index (χ2v) is 5.48. The van der Waals surface area contributed by atoms with Crippen LogP contribution in [0.4, 0.5) is 4.39 Å². The fourth-order valence-electron chi connectivity index (χ4n) is 2.00. The van der Waals surface area contributed by atoms with E-state index in [1.807, 2.05) is 6.07 Å². The summed E-state index contributed by atoms with van der Waals surface area (Å²) in [6, 6.07) is 14.6. The second kappa shape index (κ2) is 5.54.